The van der Waals surface area contributed by atoms with Gasteiger partial charge in [-0.1, -0.05) is 42.5 Å². The fraction of sp³-hybridized carbons (Fsp3) is 0.250. The fourth-order valence-electron chi connectivity index (χ4n) is 2.54. The van der Waals surface area contributed by atoms with E-state index in [-0.39, 0.29) is 12.2 Å². The second-order valence-corrected chi connectivity index (χ2v) is 6.89. The van der Waals surface area contributed by atoms with Crippen LogP contribution in [0, 0.1) is 0 Å². The lowest BCUT2D eigenvalue weighted by molar-refractivity contribution is 0.154. The molecule has 1 aliphatic heterocycles. The summed E-state index contributed by atoms with van der Waals surface area (Å²) in [4.78, 5) is 0. The summed E-state index contributed by atoms with van der Waals surface area (Å²) in [7, 11) is -3.30. The van der Waals surface area contributed by atoms with Crippen LogP contribution in [0.5, 0.6) is 0 Å². The van der Waals surface area contributed by atoms with Gasteiger partial charge in [0.15, 0.2) is 0 Å². The van der Waals surface area contributed by atoms with Crippen LogP contribution in [0.4, 0.5) is 0 Å². The molecule has 2 aromatic carbocycles. The molecule has 0 fully saturated rings. The summed E-state index contributed by atoms with van der Waals surface area (Å²) < 4.78 is 24.7. The van der Waals surface area contributed by atoms with Crippen LogP contribution in [0.25, 0.3) is 0 Å². The van der Waals surface area contributed by atoms with E-state index in [1.807, 2.05) is 56.3 Å². The van der Waals surface area contributed by atoms with Gasteiger partial charge in [-0.25, -0.2) is 0 Å². The molecule has 1 heterocycles. The highest BCUT2D eigenvalue weighted by molar-refractivity contribution is 7.62. The molecule has 0 N–H and O–H groups in total. The van der Waals surface area contributed by atoms with Crippen molar-refractivity contribution in [3.05, 3.63) is 65.7 Å². The van der Waals surface area contributed by atoms with E-state index in [1.54, 1.807) is 12.1 Å². The third kappa shape index (κ3) is 2.33. The quantitative estimate of drug-likeness (QED) is 0.731. The lowest BCUT2D eigenvalue weighted by Gasteiger charge is -2.20. The molecule has 0 radical (unpaired) electrons. The Kier molecular flexibility index (Phi) is 3.51. The van der Waals surface area contributed by atoms with Crippen molar-refractivity contribution < 1.29 is 13.6 Å². The standard InChI is InChI=1S/C16H17O3P/c1-12-15-10-6-7-11-16(15)13(2)19-20(17,18-12)14-8-4-3-5-9-14/h3-13H,1-2H3/t12-,13+,20?. The van der Waals surface area contributed by atoms with Crippen molar-refractivity contribution in [3.8, 4) is 0 Å². The van der Waals surface area contributed by atoms with Crippen molar-refractivity contribution in [1.82, 2.24) is 0 Å². The van der Waals surface area contributed by atoms with Crippen LogP contribution in [0.3, 0.4) is 0 Å². The highest BCUT2D eigenvalue weighted by Crippen LogP contribution is 2.57. The van der Waals surface area contributed by atoms with Crippen LogP contribution < -0.4 is 5.30 Å². The lowest BCUT2D eigenvalue weighted by atomic mass is 10.00. The highest BCUT2D eigenvalue weighted by Gasteiger charge is 2.37. The van der Waals surface area contributed by atoms with Gasteiger partial charge in [-0.05, 0) is 37.1 Å². The number of hydrogen-bond donors (Lipinski definition) is 0. The third-order valence-electron chi connectivity index (χ3n) is 3.54. The molecule has 0 saturated heterocycles. The number of rotatable bonds is 1. The Bertz CT molecular complexity index is 619. The van der Waals surface area contributed by atoms with Crippen LogP contribution in [0.15, 0.2) is 54.6 Å². The van der Waals surface area contributed by atoms with Gasteiger partial charge >= 0.3 is 7.60 Å². The number of fused-ring (bicyclic) bond motifs is 1. The van der Waals surface area contributed by atoms with Crippen molar-refractivity contribution in [2.75, 3.05) is 0 Å². The summed E-state index contributed by atoms with van der Waals surface area (Å²) in [6.07, 6.45) is -0.524. The van der Waals surface area contributed by atoms with Gasteiger partial charge in [0.05, 0.1) is 17.5 Å². The molecule has 0 bridgehead atoms. The molecule has 0 aromatic heterocycles. The van der Waals surface area contributed by atoms with Gasteiger partial charge in [0.1, 0.15) is 0 Å². The maximum Gasteiger partial charge on any atom is 0.362 e. The Labute approximate surface area is 119 Å². The number of hydrogen-bond acceptors (Lipinski definition) is 3. The van der Waals surface area contributed by atoms with Crippen LogP contribution >= 0.6 is 7.60 Å². The Morgan fingerprint density at radius 3 is 1.75 bits per heavy atom. The Hall–Kier alpha value is -1.41. The molecule has 0 amide bonds. The van der Waals surface area contributed by atoms with Gasteiger partial charge < -0.3 is 0 Å². The Morgan fingerprint density at radius 2 is 1.25 bits per heavy atom. The molecular formula is C16H17O3P. The average molecular weight is 288 g/mol. The lowest BCUT2D eigenvalue weighted by Crippen LogP contribution is -2.10. The van der Waals surface area contributed by atoms with Crippen LogP contribution in [-0.2, 0) is 13.6 Å². The molecule has 3 atom stereocenters. The van der Waals surface area contributed by atoms with Crippen molar-refractivity contribution in [2.45, 2.75) is 26.1 Å². The average Bonchev–Trinajstić information content (AvgIpc) is 2.57. The van der Waals surface area contributed by atoms with E-state index < -0.39 is 7.60 Å². The molecule has 0 aliphatic carbocycles. The summed E-state index contributed by atoms with van der Waals surface area (Å²) in [5.74, 6) is 0. The van der Waals surface area contributed by atoms with E-state index in [0.717, 1.165) is 11.1 Å². The third-order valence-corrected chi connectivity index (χ3v) is 5.66. The van der Waals surface area contributed by atoms with Gasteiger partial charge in [-0.2, -0.15) is 0 Å². The van der Waals surface area contributed by atoms with Gasteiger partial charge in [0.25, 0.3) is 0 Å². The van der Waals surface area contributed by atoms with Crippen molar-refractivity contribution in [3.63, 3.8) is 0 Å². The van der Waals surface area contributed by atoms with Crippen LogP contribution in [0.1, 0.15) is 37.2 Å². The SMILES string of the molecule is C[C@@H]1OP(=O)(c2ccccc2)O[C@H](C)c2ccccc21. The first-order valence-electron chi connectivity index (χ1n) is 6.71. The van der Waals surface area contributed by atoms with Crippen molar-refractivity contribution in [1.29, 1.82) is 0 Å². The maximum absolute atomic E-state index is 13.1. The Balaban J connectivity index is 2.06. The van der Waals surface area contributed by atoms with Gasteiger partial charge in [0, 0.05) is 0 Å². The first-order valence-corrected chi connectivity index (χ1v) is 8.26. The summed E-state index contributed by atoms with van der Waals surface area (Å²) in [6.45, 7) is 3.83. The van der Waals surface area contributed by atoms with E-state index in [1.165, 1.54) is 0 Å². The monoisotopic (exact) mass is 288 g/mol. The predicted octanol–water partition coefficient (Wildman–Crippen LogP) is 4.37. The van der Waals surface area contributed by atoms with Crippen molar-refractivity contribution >= 4 is 12.9 Å². The predicted molar refractivity (Wildman–Crippen MR) is 79.1 cm³/mol. The molecule has 4 heteroatoms. The largest absolute Gasteiger partial charge is 0.362 e. The zero-order chi connectivity index (χ0) is 14.2. The smallest absolute Gasteiger partial charge is 0.297 e. The van der Waals surface area contributed by atoms with Crippen LogP contribution in [0.2, 0.25) is 0 Å². The van der Waals surface area contributed by atoms with E-state index in [2.05, 4.69) is 0 Å². The van der Waals surface area contributed by atoms with Crippen molar-refractivity contribution in [2.24, 2.45) is 0 Å². The topological polar surface area (TPSA) is 35.5 Å². The minimum Gasteiger partial charge on any atom is -0.297 e. The molecule has 0 saturated carbocycles. The minimum atomic E-state index is -3.30. The summed E-state index contributed by atoms with van der Waals surface area (Å²) in [5.41, 5.74) is 2.07. The highest BCUT2D eigenvalue weighted by atomic mass is 31.2. The van der Waals surface area contributed by atoms with Gasteiger partial charge in [-0.3, -0.25) is 13.6 Å². The van der Waals surface area contributed by atoms with E-state index >= 15 is 0 Å². The molecule has 20 heavy (non-hydrogen) atoms. The molecule has 3 nitrogen and oxygen atoms in total. The summed E-state index contributed by atoms with van der Waals surface area (Å²) >= 11 is 0. The summed E-state index contributed by atoms with van der Waals surface area (Å²) in [5, 5.41) is 0.603. The molecule has 1 aliphatic rings. The normalized spacial score (nSPS) is 29.5. The van der Waals surface area contributed by atoms with Gasteiger partial charge in [0.2, 0.25) is 0 Å². The Morgan fingerprint density at radius 1 is 0.800 bits per heavy atom. The molecule has 1 unspecified atom stereocenters. The molecule has 104 valence electrons. The van der Waals surface area contributed by atoms with Crippen LogP contribution in [-0.4, -0.2) is 0 Å². The molecule has 0 spiro atoms. The molecule has 2 aromatic rings. The first-order chi connectivity index (χ1) is 9.60. The van der Waals surface area contributed by atoms with E-state index in [4.69, 9.17) is 9.05 Å². The van der Waals surface area contributed by atoms with Gasteiger partial charge in [-0.15, -0.1) is 0 Å². The van der Waals surface area contributed by atoms with E-state index in [0.29, 0.717) is 5.30 Å². The first kappa shape index (κ1) is 13.6. The molecule has 3 rings (SSSR count). The zero-order valence-corrected chi connectivity index (χ0v) is 12.4. The summed E-state index contributed by atoms with van der Waals surface area (Å²) in [6, 6.07) is 17.1. The number of benzene rings is 2. The zero-order valence-electron chi connectivity index (χ0n) is 11.5. The second kappa shape index (κ2) is 5.17. The molecular weight excluding hydrogens is 271 g/mol. The maximum atomic E-state index is 13.1. The fourth-order valence-corrected chi connectivity index (χ4v) is 4.43. The second-order valence-electron chi connectivity index (χ2n) is 4.96. The minimum absolute atomic E-state index is 0.262. The van der Waals surface area contributed by atoms with E-state index in [9.17, 15) is 4.57 Å².